The minimum absolute atomic E-state index is 0.0322. The lowest BCUT2D eigenvalue weighted by Gasteiger charge is -2.02. The maximum Gasteiger partial charge on any atom is 0.129 e. The third-order valence-corrected chi connectivity index (χ3v) is 1.50. The van der Waals surface area contributed by atoms with E-state index in [1.54, 1.807) is 12.3 Å². The highest BCUT2D eigenvalue weighted by molar-refractivity contribution is 6.29. The van der Waals surface area contributed by atoms with E-state index in [-0.39, 0.29) is 6.04 Å². The van der Waals surface area contributed by atoms with E-state index in [2.05, 4.69) is 4.98 Å². The maximum absolute atomic E-state index is 5.58. The average Bonchev–Trinajstić information content (AvgIpc) is 1.88. The van der Waals surface area contributed by atoms with Crippen molar-refractivity contribution in [2.24, 2.45) is 5.73 Å². The van der Waals surface area contributed by atoms with Crippen LogP contribution < -0.4 is 5.73 Å². The normalized spacial score (nSPS) is 13.1. The van der Waals surface area contributed by atoms with Gasteiger partial charge in [-0.3, -0.25) is 0 Å². The topological polar surface area (TPSA) is 38.9 Å². The predicted octanol–water partition coefficient (Wildman–Crippen LogP) is 1.75. The maximum atomic E-state index is 5.58. The van der Waals surface area contributed by atoms with Crippen molar-refractivity contribution in [1.82, 2.24) is 4.98 Å². The molecule has 3 heteroatoms. The van der Waals surface area contributed by atoms with Crippen molar-refractivity contribution in [2.75, 3.05) is 0 Å². The molecule has 1 heterocycles. The zero-order valence-corrected chi connectivity index (χ0v) is 6.47. The largest absolute Gasteiger partial charge is 0.324 e. The average molecular weight is 157 g/mol. The minimum atomic E-state index is 0.0322. The molecule has 0 saturated heterocycles. The second-order valence-corrected chi connectivity index (χ2v) is 2.59. The predicted molar refractivity (Wildman–Crippen MR) is 41.8 cm³/mol. The lowest BCUT2D eigenvalue weighted by Crippen LogP contribution is -2.04. The molecule has 1 aromatic heterocycles. The summed E-state index contributed by atoms with van der Waals surface area (Å²) in [6, 6.07) is 3.64. The van der Waals surface area contributed by atoms with E-state index < -0.39 is 0 Å². The molecule has 0 aliphatic heterocycles. The second-order valence-electron chi connectivity index (χ2n) is 2.20. The summed E-state index contributed by atoms with van der Waals surface area (Å²) in [6.45, 7) is 1.91. The van der Waals surface area contributed by atoms with Gasteiger partial charge >= 0.3 is 0 Å². The van der Waals surface area contributed by atoms with Crippen molar-refractivity contribution in [3.8, 4) is 0 Å². The van der Waals surface area contributed by atoms with Gasteiger partial charge in [0.1, 0.15) is 5.15 Å². The summed E-state index contributed by atoms with van der Waals surface area (Å²) in [5.41, 5.74) is 6.58. The highest BCUT2D eigenvalue weighted by atomic mass is 35.5. The van der Waals surface area contributed by atoms with Gasteiger partial charge in [0.25, 0.3) is 0 Å². The molecule has 2 nitrogen and oxygen atoms in total. The van der Waals surface area contributed by atoms with Crippen LogP contribution in [0.25, 0.3) is 0 Å². The molecule has 1 rings (SSSR count). The van der Waals surface area contributed by atoms with Crippen molar-refractivity contribution in [3.05, 3.63) is 29.0 Å². The molecule has 54 valence electrons. The van der Waals surface area contributed by atoms with E-state index in [0.717, 1.165) is 5.56 Å². The summed E-state index contributed by atoms with van der Waals surface area (Å²) in [5, 5.41) is 0.504. The molecule has 1 aromatic rings. The van der Waals surface area contributed by atoms with Crippen LogP contribution in [0.3, 0.4) is 0 Å². The van der Waals surface area contributed by atoms with Gasteiger partial charge in [0.2, 0.25) is 0 Å². The van der Waals surface area contributed by atoms with Crippen LogP contribution in [0.5, 0.6) is 0 Å². The zero-order chi connectivity index (χ0) is 7.56. The third kappa shape index (κ3) is 1.69. The van der Waals surface area contributed by atoms with Crippen LogP contribution in [-0.2, 0) is 0 Å². The van der Waals surface area contributed by atoms with E-state index in [9.17, 15) is 0 Å². The fraction of sp³-hybridized carbons (Fsp3) is 0.286. The quantitative estimate of drug-likeness (QED) is 0.630. The highest BCUT2D eigenvalue weighted by Gasteiger charge is 1.97. The molecule has 2 N–H and O–H groups in total. The molecule has 1 atom stereocenters. The van der Waals surface area contributed by atoms with Crippen LogP contribution in [0.15, 0.2) is 18.3 Å². The number of nitrogens with two attached hydrogens (primary N) is 1. The Labute approximate surface area is 65.0 Å². The molecule has 0 spiro atoms. The molecule has 0 radical (unpaired) electrons. The second kappa shape index (κ2) is 2.99. The summed E-state index contributed by atoms with van der Waals surface area (Å²) >= 11 is 5.56. The Balaban J connectivity index is 2.89. The number of hydrogen-bond donors (Lipinski definition) is 1. The highest BCUT2D eigenvalue weighted by Crippen LogP contribution is 2.10. The van der Waals surface area contributed by atoms with Gasteiger partial charge in [-0.25, -0.2) is 4.98 Å². The van der Waals surface area contributed by atoms with Crippen LogP contribution in [-0.4, -0.2) is 4.98 Å². The molecule has 0 saturated carbocycles. The van der Waals surface area contributed by atoms with E-state index in [1.807, 2.05) is 13.0 Å². The summed E-state index contributed by atoms with van der Waals surface area (Å²) in [6.07, 6.45) is 1.69. The molecular weight excluding hydrogens is 148 g/mol. The van der Waals surface area contributed by atoms with E-state index >= 15 is 0 Å². The SMILES string of the molecule is C[C@@H](N)c1ccc(Cl)nc1. The van der Waals surface area contributed by atoms with Crippen LogP contribution in [0.2, 0.25) is 5.15 Å². The number of halogens is 1. The first-order chi connectivity index (χ1) is 4.70. The van der Waals surface area contributed by atoms with E-state index in [4.69, 9.17) is 17.3 Å². The summed E-state index contributed by atoms with van der Waals surface area (Å²) in [7, 11) is 0. The van der Waals surface area contributed by atoms with Crippen LogP contribution in [0.4, 0.5) is 0 Å². The van der Waals surface area contributed by atoms with Gasteiger partial charge in [0.05, 0.1) is 0 Å². The fourth-order valence-electron chi connectivity index (χ4n) is 0.657. The standard InChI is InChI=1S/C7H9ClN2/c1-5(9)6-2-3-7(8)10-4-6/h2-5H,9H2,1H3/t5-/m1/s1. The Hall–Kier alpha value is -0.600. The Morgan fingerprint density at radius 3 is 2.70 bits per heavy atom. The Bertz CT molecular complexity index is 205. The number of rotatable bonds is 1. The molecule has 0 unspecified atom stereocenters. The van der Waals surface area contributed by atoms with Gasteiger partial charge in [-0.15, -0.1) is 0 Å². The lowest BCUT2D eigenvalue weighted by molar-refractivity contribution is 0.812. The molecule has 0 aliphatic carbocycles. The van der Waals surface area contributed by atoms with Crippen molar-refractivity contribution in [1.29, 1.82) is 0 Å². The zero-order valence-electron chi connectivity index (χ0n) is 5.71. The summed E-state index contributed by atoms with van der Waals surface area (Å²) < 4.78 is 0. The molecule has 0 bridgehead atoms. The number of hydrogen-bond acceptors (Lipinski definition) is 2. The number of pyridine rings is 1. The molecule has 0 aliphatic rings. The lowest BCUT2D eigenvalue weighted by atomic mass is 10.2. The van der Waals surface area contributed by atoms with Gasteiger partial charge in [0.15, 0.2) is 0 Å². The van der Waals surface area contributed by atoms with Crippen molar-refractivity contribution >= 4 is 11.6 Å². The monoisotopic (exact) mass is 156 g/mol. The van der Waals surface area contributed by atoms with Gasteiger partial charge in [-0.05, 0) is 18.6 Å². The van der Waals surface area contributed by atoms with E-state index in [0.29, 0.717) is 5.15 Å². The molecule has 0 aromatic carbocycles. The van der Waals surface area contributed by atoms with Crippen molar-refractivity contribution in [2.45, 2.75) is 13.0 Å². The first kappa shape index (κ1) is 7.51. The number of nitrogens with zero attached hydrogens (tertiary/aromatic N) is 1. The van der Waals surface area contributed by atoms with Gasteiger partial charge in [-0.1, -0.05) is 17.7 Å². The molecule has 10 heavy (non-hydrogen) atoms. The van der Waals surface area contributed by atoms with Crippen LogP contribution in [0.1, 0.15) is 18.5 Å². The van der Waals surface area contributed by atoms with E-state index in [1.165, 1.54) is 0 Å². The first-order valence-electron chi connectivity index (χ1n) is 3.07. The smallest absolute Gasteiger partial charge is 0.129 e. The Kier molecular flexibility index (Phi) is 2.25. The van der Waals surface area contributed by atoms with Crippen LogP contribution in [0, 0.1) is 0 Å². The molecular formula is C7H9ClN2. The summed E-state index contributed by atoms with van der Waals surface area (Å²) in [4.78, 5) is 3.89. The minimum Gasteiger partial charge on any atom is -0.324 e. The molecule has 0 amide bonds. The third-order valence-electron chi connectivity index (χ3n) is 1.28. The van der Waals surface area contributed by atoms with Crippen molar-refractivity contribution in [3.63, 3.8) is 0 Å². The van der Waals surface area contributed by atoms with Gasteiger partial charge < -0.3 is 5.73 Å². The first-order valence-corrected chi connectivity index (χ1v) is 3.45. The van der Waals surface area contributed by atoms with Gasteiger partial charge in [0, 0.05) is 12.2 Å². The van der Waals surface area contributed by atoms with Crippen molar-refractivity contribution < 1.29 is 0 Å². The molecule has 0 fully saturated rings. The summed E-state index contributed by atoms with van der Waals surface area (Å²) in [5.74, 6) is 0. The Morgan fingerprint density at radius 2 is 2.30 bits per heavy atom. The fourth-order valence-corrected chi connectivity index (χ4v) is 0.768. The Morgan fingerprint density at radius 1 is 1.60 bits per heavy atom. The number of aromatic nitrogens is 1. The van der Waals surface area contributed by atoms with Gasteiger partial charge in [-0.2, -0.15) is 0 Å². The van der Waals surface area contributed by atoms with Crippen LogP contribution >= 0.6 is 11.6 Å².